The molecular weight excluding hydrogens is 326 g/mol. The van der Waals surface area contributed by atoms with Gasteiger partial charge in [-0.3, -0.25) is 14.3 Å². The number of carbonyl (C=O) groups excluding carboxylic acids is 1. The number of hydrogen-bond donors (Lipinski definition) is 1. The van der Waals surface area contributed by atoms with Crippen molar-refractivity contribution < 1.29 is 4.79 Å². The second-order valence-corrected chi connectivity index (χ2v) is 6.49. The van der Waals surface area contributed by atoms with Crippen LogP contribution in [0.4, 0.5) is 0 Å². The lowest BCUT2D eigenvalue weighted by atomic mass is 10.1. The fourth-order valence-electron chi connectivity index (χ4n) is 2.99. The molecule has 1 unspecified atom stereocenters. The number of nitrogens with one attached hydrogen (secondary N) is 1. The maximum absolute atomic E-state index is 12.2. The van der Waals surface area contributed by atoms with Crippen LogP contribution >= 0.6 is 0 Å². The van der Waals surface area contributed by atoms with Gasteiger partial charge in [-0.15, -0.1) is 0 Å². The number of nitrogens with zero attached hydrogens (tertiary/aromatic N) is 2. The summed E-state index contributed by atoms with van der Waals surface area (Å²) < 4.78 is 1.71. The van der Waals surface area contributed by atoms with Crippen LogP contribution < -0.4 is 10.7 Å². The molecule has 3 rings (SSSR count). The summed E-state index contributed by atoms with van der Waals surface area (Å²) in [6.07, 6.45) is 3.47. The molecule has 0 bridgehead atoms. The van der Waals surface area contributed by atoms with Crippen LogP contribution in [0.2, 0.25) is 0 Å². The second-order valence-electron chi connectivity index (χ2n) is 6.49. The van der Waals surface area contributed by atoms with E-state index < -0.39 is 0 Å². The molecule has 5 heteroatoms. The Balaban J connectivity index is 1.53. The van der Waals surface area contributed by atoms with E-state index in [0.717, 1.165) is 18.4 Å². The summed E-state index contributed by atoms with van der Waals surface area (Å²) in [6, 6.07) is 17.7. The minimum atomic E-state index is -0.101. The molecule has 26 heavy (non-hydrogen) atoms. The standard InChI is InChI=1S/C21H23N3O2/c1-16(11-12-17-7-3-2-4-8-17)23-21(26)13-14-24-19-10-6-5-9-18(19)20(25)15-22-24/h2-10,15-16H,11-14H2,1H3,(H,23,26). The van der Waals surface area contributed by atoms with E-state index in [1.165, 1.54) is 11.8 Å². The predicted molar refractivity (Wildman–Crippen MR) is 103 cm³/mol. The van der Waals surface area contributed by atoms with Crippen molar-refractivity contribution in [2.24, 2.45) is 0 Å². The zero-order valence-electron chi connectivity index (χ0n) is 14.9. The van der Waals surface area contributed by atoms with Gasteiger partial charge in [-0.2, -0.15) is 5.10 Å². The normalized spacial score (nSPS) is 12.0. The lowest BCUT2D eigenvalue weighted by Crippen LogP contribution is -2.33. The van der Waals surface area contributed by atoms with Crippen molar-refractivity contribution in [1.82, 2.24) is 15.1 Å². The van der Waals surface area contributed by atoms with Gasteiger partial charge in [0.1, 0.15) is 0 Å². The van der Waals surface area contributed by atoms with Crippen molar-refractivity contribution in [2.45, 2.75) is 38.8 Å². The van der Waals surface area contributed by atoms with Crippen LogP contribution in [0.1, 0.15) is 25.3 Å². The molecule has 0 saturated carbocycles. The molecule has 1 atom stereocenters. The fourth-order valence-corrected chi connectivity index (χ4v) is 2.99. The van der Waals surface area contributed by atoms with Gasteiger partial charge in [0.2, 0.25) is 11.3 Å². The first kappa shape index (κ1) is 17.9. The number of hydrogen-bond acceptors (Lipinski definition) is 3. The molecular formula is C21H23N3O2. The van der Waals surface area contributed by atoms with Crippen LogP contribution in [0, 0.1) is 0 Å². The minimum Gasteiger partial charge on any atom is -0.354 e. The van der Waals surface area contributed by atoms with Gasteiger partial charge >= 0.3 is 0 Å². The number of aryl methyl sites for hydroxylation is 2. The molecule has 3 aromatic rings. The van der Waals surface area contributed by atoms with E-state index in [1.54, 1.807) is 10.7 Å². The number of para-hydroxylation sites is 1. The highest BCUT2D eigenvalue weighted by molar-refractivity contribution is 5.79. The average Bonchev–Trinajstić information content (AvgIpc) is 2.67. The summed E-state index contributed by atoms with van der Waals surface area (Å²) in [5.41, 5.74) is 1.93. The highest BCUT2D eigenvalue weighted by Crippen LogP contribution is 2.09. The molecule has 0 aliphatic rings. The first-order valence-electron chi connectivity index (χ1n) is 8.91. The van der Waals surface area contributed by atoms with Gasteiger partial charge in [-0.05, 0) is 37.5 Å². The molecule has 1 aromatic heterocycles. The third-order valence-electron chi connectivity index (χ3n) is 4.43. The summed E-state index contributed by atoms with van der Waals surface area (Å²) in [4.78, 5) is 24.1. The van der Waals surface area contributed by atoms with Crippen LogP contribution in [0.25, 0.3) is 10.9 Å². The summed E-state index contributed by atoms with van der Waals surface area (Å²) in [7, 11) is 0. The van der Waals surface area contributed by atoms with E-state index >= 15 is 0 Å². The monoisotopic (exact) mass is 349 g/mol. The molecule has 134 valence electrons. The molecule has 1 amide bonds. The fraction of sp³-hybridized carbons (Fsp3) is 0.286. The van der Waals surface area contributed by atoms with Crippen LogP contribution in [0.3, 0.4) is 0 Å². The van der Waals surface area contributed by atoms with Crippen molar-refractivity contribution in [2.75, 3.05) is 0 Å². The molecule has 1 heterocycles. The maximum Gasteiger partial charge on any atom is 0.222 e. The van der Waals surface area contributed by atoms with Crippen molar-refractivity contribution in [3.05, 3.63) is 76.6 Å². The highest BCUT2D eigenvalue weighted by Gasteiger charge is 2.09. The Hall–Kier alpha value is -2.95. The van der Waals surface area contributed by atoms with E-state index in [9.17, 15) is 9.59 Å². The lowest BCUT2D eigenvalue weighted by molar-refractivity contribution is -0.121. The molecule has 5 nitrogen and oxygen atoms in total. The SMILES string of the molecule is CC(CCc1ccccc1)NC(=O)CCn1ncc(=O)c2ccccc21. The van der Waals surface area contributed by atoms with Gasteiger partial charge in [-0.25, -0.2) is 0 Å². The smallest absolute Gasteiger partial charge is 0.222 e. The van der Waals surface area contributed by atoms with Gasteiger partial charge < -0.3 is 5.32 Å². The third-order valence-corrected chi connectivity index (χ3v) is 4.43. The topological polar surface area (TPSA) is 64.0 Å². The largest absolute Gasteiger partial charge is 0.354 e. The zero-order chi connectivity index (χ0) is 18.4. The Morgan fingerprint density at radius 2 is 1.85 bits per heavy atom. The Morgan fingerprint density at radius 3 is 2.65 bits per heavy atom. The lowest BCUT2D eigenvalue weighted by Gasteiger charge is -2.14. The van der Waals surface area contributed by atoms with Gasteiger partial charge in [0.15, 0.2) is 0 Å². The highest BCUT2D eigenvalue weighted by atomic mass is 16.1. The molecule has 0 spiro atoms. The molecule has 0 aliphatic carbocycles. The van der Waals surface area contributed by atoms with Crippen LogP contribution in [-0.2, 0) is 17.8 Å². The Kier molecular flexibility index (Phi) is 5.79. The average molecular weight is 349 g/mol. The molecule has 0 saturated heterocycles. The van der Waals surface area contributed by atoms with Crippen molar-refractivity contribution in [1.29, 1.82) is 0 Å². The summed E-state index contributed by atoms with van der Waals surface area (Å²) in [5.74, 6) is -0.00450. The summed E-state index contributed by atoms with van der Waals surface area (Å²) in [6.45, 7) is 2.46. The summed E-state index contributed by atoms with van der Waals surface area (Å²) >= 11 is 0. The van der Waals surface area contributed by atoms with Crippen LogP contribution in [-0.4, -0.2) is 21.7 Å². The van der Waals surface area contributed by atoms with Crippen LogP contribution in [0.15, 0.2) is 65.6 Å². The number of benzene rings is 2. The Labute approximate surface area is 152 Å². The molecule has 0 aliphatic heterocycles. The first-order chi connectivity index (χ1) is 12.6. The molecule has 0 radical (unpaired) electrons. The van der Waals surface area contributed by atoms with Crippen LogP contribution in [0.5, 0.6) is 0 Å². The Bertz CT molecular complexity index is 935. The van der Waals surface area contributed by atoms with Gasteiger partial charge in [0.05, 0.1) is 18.3 Å². The van der Waals surface area contributed by atoms with Gasteiger partial charge in [0.25, 0.3) is 0 Å². The zero-order valence-corrected chi connectivity index (χ0v) is 14.9. The van der Waals surface area contributed by atoms with Gasteiger partial charge in [-0.1, -0.05) is 42.5 Å². The van der Waals surface area contributed by atoms with Crippen molar-refractivity contribution in [3.63, 3.8) is 0 Å². The van der Waals surface area contributed by atoms with Crippen molar-refractivity contribution in [3.8, 4) is 0 Å². The van der Waals surface area contributed by atoms with Crippen molar-refractivity contribution >= 4 is 16.8 Å². The number of carbonyl (C=O) groups is 1. The number of fused-ring (bicyclic) bond motifs is 1. The first-order valence-corrected chi connectivity index (χ1v) is 8.91. The summed E-state index contributed by atoms with van der Waals surface area (Å²) in [5, 5.41) is 7.82. The molecule has 1 N–H and O–H groups in total. The minimum absolute atomic E-state index is 0.00450. The van der Waals surface area contributed by atoms with E-state index in [2.05, 4.69) is 22.5 Å². The third kappa shape index (κ3) is 4.57. The second kappa shape index (κ2) is 8.43. The quantitative estimate of drug-likeness (QED) is 0.713. The number of rotatable bonds is 7. The molecule has 2 aromatic carbocycles. The number of amides is 1. The Morgan fingerprint density at radius 1 is 1.12 bits per heavy atom. The molecule has 0 fully saturated rings. The predicted octanol–water partition coefficient (Wildman–Crippen LogP) is 2.92. The number of aromatic nitrogens is 2. The van der Waals surface area contributed by atoms with E-state index in [4.69, 9.17) is 0 Å². The van der Waals surface area contributed by atoms with E-state index in [0.29, 0.717) is 18.4 Å². The van der Waals surface area contributed by atoms with E-state index in [-0.39, 0.29) is 17.4 Å². The van der Waals surface area contributed by atoms with E-state index in [1.807, 2.05) is 43.3 Å². The maximum atomic E-state index is 12.2. The van der Waals surface area contributed by atoms with Gasteiger partial charge in [0, 0.05) is 17.8 Å².